The van der Waals surface area contributed by atoms with Gasteiger partial charge < -0.3 is 4.90 Å². The van der Waals surface area contributed by atoms with Gasteiger partial charge in [-0.25, -0.2) is 0 Å². The summed E-state index contributed by atoms with van der Waals surface area (Å²) in [5.41, 5.74) is 1.50. The molecule has 0 saturated carbocycles. The molecule has 0 aliphatic carbocycles. The number of amides is 1. The maximum atomic E-state index is 12.6. The Balaban J connectivity index is 2.26. The molecule has 0 aliphatic rings. The van der Waals surface area contributed by atoms with Gasteiger partial charge in [0.2, 0.25) is 0 Å². The van der Waals surface area contributed by atoms with Gasteiger partial charge in [-0.2, -0.15) is 0 Å². The van der Waals surface area contributed by atoms with Crippen LogP contribution in [-0.2, 0) is 0 Å². The highest BCUT2D eigenvalue weighted by Gasteiger charge is 2.21. The first kappa shape index (κ1) is 16.3. The highest BCUT2D eigenvalue weighted by molar-refractivity contribution is 9.10. The van der Waals surface area contributed by atoms with E-state index in [1.165, 1.54) is 0 Å². The molecule has 1 amide bonds. The summed E-state index contributed by atoms with van der Waals surface area (Å²) in [5, 5.41) is 1.10. The van der Waals surface area contributed by atoms with Crippen molar-refractivity contribution in [3.63, 3.8) is 0 Å². The van der Waals surface area contributed by atoms with E-state index in [0.717, 1.165) is 5.56 Å². The Labute approximate surface area is 142 Å². The molecule has 0 spiro atoms. The molecule has 2 aromatic rings. The standard InChI is InChI=1S/C16H14BrCl2NO/c1-10(11-6-8-12(18)9-7-11)20(2)16(21)13-4-3-5-14(17)15(13)19/h3-10H,1-2H3. The van der Waals surface area contributed by atoms with Crippen molar-refractivity contribution in [1.29, 1.82) is 0 Å². The van der Waals surface area contributed by atoms with Crippen LogP contribution in [0.25, 0.3) is 0 Å². The molecule has 1 unspecified atom stereocenters. The van der Waals surface area contributed by atoms with Gasteiger partial charge >= 0.3 is 0 Å². The third-order valence-corrected chi connectivity index (χ3v) is 4.98. The van der Waals surface area contributed by atoms with Crippen molar-refractivity contribution in [2.45, 2.75) is 13.0 Å². The Bertz CT molecular complexity index is 658. The molecule has 110 valence electrons. The Hall–Kier alpha value is -1.03. The van der Waals surface area contributed by atoms with E-state index in [1.807, 2.05) is 37.3 Å². The van der Waals surface area contributed by atoms with Gasteiger partial charge in [0.05, 0.1) is 16.6 Å². The number of carbonyl (C=O) groups is 1. The number of nitrogens with zero attached hydrogens (tertiary/aromatic N) is 1. The molecule has 0 aromatic heterocycles. The minimum Gasteiger partial charge on any atom is -0.335 e. The summed E-state index contributed by atoms with van der Waals surface area (Å²) in [4.78, 5) is 14.3. The average Bonchev–Trinajstić information content (AvgIpc) is 2.48. The first-order valence-electron chi connectivity index (χ1n) is 6.38. The lowest BCUT2D eigenvalue weighted by atomic mass is 10.1. The van der Waals surface area contributed by atoms with Gasteiger partial charge in [0, 0.05) is 16.5 Å². The molecule has 0 N–H and O–H groups in total. The molecule has 2 rings (SSSR count). The number of hydrogen-bond donors (Lipinski definition) is 0. The lowest BCUT2D eigenvalue weighted by Gasteiger charge is -2.26. The van der Waals surface area contributed by atoms with Gasteiger partial charge in [-0.3, -0.25) is 4.79 Å². The molecule has 5 heteroatoms. The molecule has 0 fully saturated rings. The lowest BCUT2D eigenvalue weighted by molar-refractivity contribution is 0.0743. The Morgan fingerprint density at radius 2 is 1.76 bits per heavy atom. The van der Waals surface area contributed by atoms with Gasteiger partial charge in [0.25, 0.3) is 5.91 Å². The molecular formula is C16H14BrCl2NO. The SMILES string of the molecule is CC(c1ccc(Cl)cc1)N(C)C(=O)c1cccc(Br)c1Cl. The summed E-state index contributed by atoms with van der Waals surface area (Å²) < 4.78 is 0.711. The van der Waals surface area contributed by atoms with Crippen molar-refractivity contribution in [3.05, 3.63) is 68.1 Å². The van der Waals surface area contributed by atoms with Gasteiger partial charge in [-0.1, -0.05) is 41.4 Å². The second-order valence-corrected chi connectivity index (χ2v) is 6.41. The van der Waals surface area contributed by atoms with Gasteiger partial charge in [-0.05, 0) is 52.7 Å². The van der Waals surface area contributed by atoms with Crippen LogP contribution in [0.15, 0.2) is 46.9 Å². The van der Waals surface area contributed by atoms with E-state index < -0.39 is 0 Å². The smallest absolute Gasteiger partial charge is 0.255 e. The molecule has 2 aromatic carbocycles. The molecule has 21 heavy (non-hydrogen) atoms. The molecule has 0 bridgehead atoms. The first-order chi connectivity index (χ1) is 9.91. The highest BCUT2D eigenvalue weighted by atomic mass is 79.9. The molecule has 0 heterocycles. The fourth-order valence-corrected chi connectivity index (χ4v) is 2.70. The zero-order valence-electron chi connectivity index (χ0n) is 11.6. The third-order valence-electron chi connectivity index (χ3n) is 3.44. The Morgan fingerprint density at radius 3 is 2.38 bits per heavy atom. The molecular weight excluding hydrogens is 373 g/mol. The van der Waals surface area contributed by atoms with Crippen LogP contribution in [0.3, 0.4) is 0 Å². The molecule has 0 aliphatic heterocycles. The average molecular weight is 387 g/mol. The van der Waals surface area contributed by atoms with Crippen molar-refractivity contribution in [2.24, 2.45) is 0 Å². The Kier molecular flexibility index (Phi) is 5.31. The number of rotatable bonds is 3. The number of benzene rings is 2. The number of carbonyl (C=O) groups excluding carboxylic acids is 1. The van der Waals surface area contributed by atoms with Crippen LogP contribution >= 0.6 is 39.1 Å². The van der Waals surface area contributed by atoms with Gasteiger partial charge in [-0.15, -0.1) is 0 Å². The van der Waals surface area contributed by atoms with Crippen molar-refractivity contribution in [1.82, 2.24) is 4.90 Å². The van der Waals surface area contributed by atoms with Crippen LogP contribution in [0.1, 0.15) is 28.9 Å². The zero-order valence-corrected chi connectivity index (χ0v) is 14.7. The molecule has 2 nitrogen and oxygen atoms in total. The third kappa shape index (κ3) is 3.60. The summed E-state index contributed by atoms with van der Waals surface area (Å²) in [6.45, 7) is 1.97. The monoisotopic (exact) mass is 385 g/mol. The van der Waals surface area contributed by atoms with Crippen LogP contribution in [-0.4, -0.2) is 17.9 Å². The fraction of sp³-hybridized carbons (Fsp3) is 0.188. The summed E-state index contributed by atoms with van der Waals surface area (Å²) in [6.07, 6.45) is 0. The molecule has 0 saturated heterocycles. The normalized spacial score (nSPS) is 12.0. The second kappa shape index (κ2) is 6.82. The van der Waals surface area contributed by atoms with E-state index in [-0.39, 0.29) is 11.9 Å². The first-order valence-corrected chi connectivity index (χ1v) is 7.93. The zero-order chi connectivity index (χ0) is 15.6. The molecule has 0 radical (unpaired) electrons. The molecule has 1 atom stereocenters. The van der Waals surface area contributed by atoms with Crippen molar-refractivity contribution < 1.29 is 4.79 Å². The number of halogens is 3. The highest BCUT2D eigenvalue weighted by Crippen LogP contribution is 2.29. The topological polar surface area (TPSA) is 20.3 Å². The minimum atomic E-state index is -0.122. The van der Waals surface area contributed by atoms with Crippen LogP contribution in [0.4, 0.5) is 0 Å². The van der Waals surface area contributed by atoms with E-state index in [4.69, 9.17) is 23.2 Å². The summed E-state index contributed by atoms with van der Waals surface area (Å²) in [5.74, 6) is -0.122. The van der Waals surface area contributed by atoms with E-state index in [9.17, 15) is 4.79 Å². The second-order valence-electron chi connectivity index (χ2n) is 4.74. The van der Waals surface area contributed by atoms with Crippen molar-refractivity contribution in [2.75, 3.05) is 7.05 Å². The number of hydrogen-bond acceptors (Lipinski definition) is 1. The lowest BCUT2D eigenvalue weighted by Crippen LogP contribution is -2.29. The fourth-order valence-electron chi connectivity index (χ4n) is 2.00. The van der Waals surface area contributed by atoms with Gasteiger partial charge in [0.1, 0.15) is 0 Å². The Morgan fingerprint density at radius 1 is 1.14 bits per heavy atom. The van der Waals surface area contributed by atoms with E-state index in [2.05, 4.69) is 15.9 Å². The summed E-state index contributed by atoms with van der Waals surface area (Å²) in [6, 6.07) is 12.7. The predicted molar refractivity (Wildman–Crippen MR) is 91.1 cm³/mol. The van der Waals surface area contributed by atoms with Crippen LogP contribution in [0, 0.1) is 0 Å². The van der Waals surface area contributed by atoms with E-state index in [0.29, 0.717) is 20.1 Å². The largest absolute Gasteiger partial charge is 0.335 e. The summed E-state index contributed by atoms with van der Waals surface area (Å²) in [7, 11) is 1.76. The van der Waals surface area contributed by atoms with Crippen LogP contribution in [0.2, 0.25) is 10.0 Å². The minimum absolute atomic E-state index is 0.0789. The van der Waals surface area contributed by atoms with E-state index >= 15 is 0 Å². The van der Waals surface area contributed by atoms with Crippen molar-refractivity contribution in [3.8, 4) is 0 Å². The van der Waals surface area contributed by atoms with Crippen molar-refractivity contribution >= 4 is 45.0 Å². The maximum Gasteiger partial charge on any atom is 0.255 e. The van der Waals surface area contributed by atoms with E-state index in [1.54, 1.807) is 24.1 Å². The van der Waals surface area contributed by atoms with Crippen LogP contribution < -0.4 is 0 Å². The predicted octanol–water partition coefficient (Wildman–Crippen LogP) is 5.59. The van der Waals surface area contributed by atoms with Crippen LogP contribution in [0.5, 0.6) is 0 Å². The summed E-state index contributed by atoms with van der Waals surface area (Å²) >= 11 is 15.4. The van der Waals surface area contributed by atoms with Gasteiger partial charge in [0.15, 0.2) is 0 Å². The quantitative estimate of drug-likeness (QED) is 0.673. The maximum absolute atomic E-state index is 12.6.